The second kappa shape index (κ2) is 10.4. The van der Waals surface area contributed by atoms with Crippen molar-refractivity contribution in [3.63, 3.8) is 0 Å². The topological polar surface area (TPSA) is 80.0 Å². The lowest BCUT2D eigenvalue weighted by atomic mass is 9.95. The van der Waals surface area contributed by atoms with Gasteiger partial charge in [0, 0.05) is 6.54 Å². The van der Waals surface area contributed by atoms with Crippen LogP contribution < -0.4 is 4.74 Å². The minimum atomic E-state index is -0.723. The minimum Gasteiger partial charge on any atom is -0.503 e. The van der Waals surface area contributed by atoms with Gasteiger partial charge in [-0.05, 0) is 55.2 Å². The monoisotopic (exact) mass is 459 g/mol. The predicted octanol–water partition coefficient (Wildman–Crippen LogP) is 5.59. The molecule has 1 amide bonds. The van der Waals surface area contributed by atoms with Gasteiger partial charge in [0.2, 0.25) is 5.78 Å². The zero-order chi connectivity index (χ0) is 24.1. The summed E-state index contributed by atoms with van der Waals surface area (Å²) in [7, 11) is 0. The van der Waals surface area contributed by atoms with Crippen LogP contribution in [-0.2, 0) is 11.2 Å². The van der Waals surface area contributed by atoms with Crippen LogP contribution in [0.2, 0.25) is 0 Å². The lowest BCUT2D eigenvalue weighted by Crippen LogP contribution is -2.33. The van der Waals surface area contributed by atoms with Crippen molar-refractivity contribution < 1.29 is 23.8 Å². The zero-order valence-corrected chi connectivity index (χ0v) is 19.5. The van der Waals surface area contributed by atoms with Gasteiger partial charge in [0.1, 0.15) is 11.5 Å². The molecule has 3 aromatic rings. The summed E-state index contributed by atoms with van der Waals surface area (Å²) in [5.74, 6) is -0.175. The van der Waals surface area contributed by atoms with E-state index in [4.69, 9.17) is 9.15 Å². The summed E-state index contributed by atoms with van der Waals surface area (Å²) in [5.41, 5.74) is 1.82. The van der Waals surface area contributed by atoms with E-state index in [2.05, 4.69) is 6.92 Å². The molecule has 176 valence electrons. The number of amides is 1. The van der Waals surface area contributed by atoms with Crippen molar-refractivity contribution >= 4 is 11.7 Å². The first-order valence-electron chi connectivity index (χ1n) is 11.6. The standard InChI is InChI=1S/C28H29NO5/c1-3-4-18-33-22-13-11-21(12-14-22)25-24(26(30)23-15-10-19(2)34-23)27(31)28(32)29(25)17-16-20-8-6-5-7-9-20/h5-15,25,31H,3-4,16-18H2,1-2H3. The van der Waals surface area contributed by atoms with Crippen LogP contribution in [-0.4, -0.2) is 34.8 Å². The summed E-state index contributed by atoms with van der Waals surface area (Å²) in [6.07, 6.45) is 2.60. The van der Waals surface area contributed by atoms with Gasteiger partial charge < -0.3 is 19.2 Å². The van der Waals surface area contributed by atoms with Gasteiger partial charge in [0.25, 0.3) is 5.91 Å². The Balaban J connectivity index is 1.66. The Morgan fingerprint density at radius 3 is 2.44 bits per heavy atom. The van der Waals surface area contributed by atoms with Crippen molar-refractivity contribution in [2.75, 3.05) is 13.2 Å². The Hall–Kier alpha value is -3.80. The summed E-state index contributed by atoms with van der Waals surface area (Å²) in [6, 6.07) is 19.7. The summed E-state index contributed by atoms with van der Waals surface area (Å²) in [4.78, 5) is 28.0. The molecule has 1 aromatic heterocycles. The van der Waals surface area contributed by atoms with Crippen LogP contribution in [0.25, 0.3) is 0 Å². The van der Waals surface area contributed by atoms with Crippen LogP contribution in [0.4, 0.5) is 0 Å². The van der Waals surface area contributed by atoms with Crippen molar-refractivity contribution in [1.82, 2.24) is 4.90 Å². The van der Waals surface area contributed by atoms with Crippen molar-refractivity contribution in [2.24, 2.45) is 0 Å². The van der Waals surface area contributed by atoms with Crippen molar-refractivity contribution in [3.05, 3.63) is 101 Å². The van der Waals surface area contributed by atoms with Gasteiger partial charge in [-0.15, -0.1) is 0 Å². The number of furan rings is 1. The molecule has 6 nitrogen and oxygen atoms in total. The molecule has 0 bridgehead atoms. The van der Waals surface area contributed by atoms with Crippen LogP contribution >= 0.6 is 0 Å². The highest BCUT2D eigenvalue weighted by molar-refractivity contribution is 6.15. The fraction of sp³-hybridized carbons (Fsp3) is 0.286. The number of carbonyl (C=O) groups is 2. The number of ketones is 1. The highest BCUT2D eigenvalue weighted by Gasteiger charge is 2.44. The molecule has 4 rings (SSSR count). The van der Waals surface area contributed by atoms with Crippen molar-refractivity contribution in [2.45, 2.75) is 39.2 Å². The molecule has 0 radical (unpaired) electrons. The Morgan fingerprint density at radius 1 is 1.06 bits per heavy atom. The third kappa shape index (κ3) is 4.91. The molecular formula is C28H29NO5. The van der Waals surface area contributed by atoms with E-state index in [0.717, 1.165) is 29.7 Å². The van der Waals surface area contributed by atoms with Gasteiger partial charge in [0.05, 0.1) is 18.2 Å². The molecule has 2 aromatic carbocycles. The van der Waals surface area contributed by atoms with Crippen LogP contribution in [0.3, 0.4) is 0 Å². The van der Waals surface area contributed by atoms with E-state index < -0.39 is 23.5 Å². The lowest BCUT2D eigenvalue weighted by molar-refractivity contribution is -0.129. The third-order valence-electron chi connectivity index (χ3n) is 5.96. The lowest BCUT2D eigenvalue weighted by Gasteiger charge is -2.27. The predicted molar refractivity (Wildman–Crippen MR) is 129 cm³/mol. The van der Waals surface area contributed by atoms with E-state index in [1.165, 1.54) is 0 Å². The first kappa shape index (κ1) is 23.4. The first-order valence-corrected chi connectivity index (χ1v) is 11.6. The normalized spacial score (nSPS) is 15.8. The number of aliphatic hydroxyl groups is 1. The molecule has 1 aliphatic rings. The molecule has 1 unspecified atom stereocenters. The molecule has 0 saturated carbocycles. The SMILES string of the molecule is CCCCOc1ccc(C2C(C(=O)c3ccc(C)o3)=C(O)C(=O)N2CCc2ccccc2)cc1. The Labute approximate surface area is 199 Å². The maximum atomic E-state index is 13.3. The maximum absolute atomic E-state index is 13.3. The van der Waals surface area contributed by atoms with Gasteiger partial charge >= 0.3 is 0 Å². The van der Waals surface area contributed by atoms with E-state index in [-0.39, 0.29) is 11.3 Å². The third-order valence-corrected chi connectivity index (χ3v) is 5.96. The van der Waals surface area contributed by atoms with Gasteiger partial charge in [0.15, 0.2) is 11.5 Å². The van der Waals surface area contributed by atoms with E-state index >= 15 is 0 Å². The van der Waals surface area contributed by atoms with E-state index in [1.54, 1.807) is 24.0 Å². The number of hydrogen-bond acceptors (Lipinski definition) is 5. The van der Waals surface area contributed by atoms with Crippen LogP contribution in [0.15, 0.2) is 82.5 Å². The number of aliphatic hydroxyl groups excluding tert-OH is 1. The van der Waals surface area contributed by atoms with Crippen LogP contribution in [0, 0.1) is 6.92 Å². The Morgan fingerprint density at radius 2 is 1.79 bits per heavy atom. The number of hydrogen-bond donors (Lipinski definition) is 1. The molecular weight excluding hydrogens is 430 g/mol. The number of benzene rings is 2. The first-order chi connectivity index (χ1) is 16.5. The van der Waals surface area contributed by atoms with Crippen LogP contribution in [0.5, 0.6) is 5.75 Å². The van der Waals surface area contributed by atoms with E-state index in [9.17, 15) is 14.7 Å². The average Bonchev–Trinajstić information content (AvgIpc) is 3.40. The Bertz CT molecular complexity index is 1180. The molecule has 1 aliphatic heterocycles. The minimum absolute atomic E-state index is 0.0343. The summed E-state index contributed by atoms with van der Waals surface area (Å²) in [5, 5.41) is 10.8. The number of nitrogens with zero attached hydrogens (tertiary/aromatic N) is 1. The second-order valence-corrected chi connectivity index (χ2v) is 8.41. The smallest absolute Gasteiger partial charge is 0.290 e. The number of aryl methyl sites for hydroxylation is 1. The Kier molecular flexibility index (Phi) is 7.16. The number of carbonyl (C=O) groups excluding carboxylic acids is 2. The van der Waals surface area contributed by atoms with E-state index in [1.807, 2.05) is 54.6 Å². The molecule has 0 aliphatic carbocycles. The zero-order valence-electron chi connectivity index (χ0n) is 19.5. The molecule has 2 heterocycles. The highest BCUT2D eigenvalue weighted by atomic mass is 16.5. The fourth-order valence-corrected chi connectivity index (χ4v) is 4.13. The molecule has 0 spiro atoms. The summed E-state index contributed by atoms with van der Waals surface area (Å²) in [6.45, 7) is 4.82. The number of Topliss-reactive ketones (excluding diaryl/α,β-unsaturated/α-hetero) is 1. The molecule has 34 heavy (non-hydrogen) atoms. The second-order valence-electron chi connectivity index (χ2n) is 8.41. The molecule has 1 N–H and O–H groups in total. The number of rotatable bonds is 10. The molecule has 1 atom stereocenters. The highest BCUT2D eigenvalue weighted by Crippen LogP contribution is 2.39. The van der Waals surface area contributed by atoms with Gasteiger partial charge in [-0.1, -0.05) is 55.8 Å². The number of ether oxygens (including phenoxy) is 1. The summed E-state index contributed by atoms with van der Waals surface area (Å²) >= 11 is 0. The largest absolute Gasteiger partial charge is 0.503 e. The van der Waals surface area contributed by atoms with Crippen molar-refractivity contribution in [1.29, 1.82) is 0 Å². The average molecular weight is 460 g/mol. The fourth-order valence-electron chi connectivity index (χ4n) is 4.13. The van der Waals surface area contributed by atoms with Gasteiger partial charge in [-0.2, -0.15) is 0 Å². The molecule has 0 saturated heterocycles. The van der Waals surface area contributed by atoms with Crippen LogP contribution in [0.1, 0.15) is 53.2 Å². The quantitative estimate of drug-likeness (QED) is 0.316. The van der Waals surface area contributed by atoms with Crippen molar-refractivity contribution in [3.8, 4) is 5.75 Å². The van der Waals surface area contributed by atoms with Gasteiger partial charge in [-0.3, -0.25) is 9.59 Å². The summed E-state index contributed by atoms with van der Waals surface area (Å²) < 4.78 is 11.3. The van der Waals surface area contributed by atoms with Gasteiger partial charge in [-0.25, -0.2) is 0 Å². The molecule has 6 heteroatoms. The number of unbranched alkanes of at least 4 members (excludes halogenated alkanes) is 1. The van der Waals surface area contributed by atoms with E-state index in [0.29, 0.717) is 25.3 Å². The maximum Gasteiger partial charge on any atom is 0.290 e. The molecule has 0 fully saturated rings.